The Morgan fingerprint density at radius 1 is 1.08 bits per heavy atom. The molecule has 0 bridgehead atoms. The lowest BCUT2D eigenvalue weighted by Gasteiger charge is -2.36. The topological polar surface area (TPSA) is 47.9 Å². The third kappa shape index (κ3) is 5.67. The highest BCUT2D eigenvalue weighted by Crippen LogP contribution is 2.37. The van der Waals surface area contributed by atoms with Crippen LogP contribution in [0.25, 0.3) is 0 Å². The first kappa shape index (κ1) is 21.3. The number of hydrogen-bond acceptors (Lipinski definition) is 4. The van der Waals surface area contributed by atoms with Crippen LogP contribution in [0.1, 0.15) is 51.8 Å². The first-order valence-corrected chi connectivity index (χ1v) is 11.4. The molecule has 0 aliphatic heterocycles. The van der Waals surface area contributed by atoms with Crippen molar-refractivity contribution in [1.29, 1.82) is 0 Å². The van der Waals surface area contributed by atoms with E-state index in [4.69, 9.17) is 13.9 Å². The number of methoxy groups -OCH3 is 1. The molecule has 24 heavy (non-hydrogen) atoms. The lowest BCUT2D eigenvalue weighted by Crippen LogP contribution is -2.40. The second-order valence-electron chi connectivity index (χ2n) is 8.14. The second-order valence-corrected chi connectivity index (χ2v) is 13.0. The van der Waals surface area contributed by atoms with Crippen LogP contribution in [0.5, 0.6) is 0 Å². The number of rotatable bonds is 8. The molecule has 0 aromatic heterocycles. The van der Waals surface area contributed by atoms with Crippen molar-refractivity contribution in [3.63, 3.8) is 0 Å². The van der Waals surface area contributed by atoms with E-state index in [-0.39, 0.29) is 11.6 Å². The zero-order valence-corrected chi connectivity index (χ0v) is 17.5. The Balaban J connectivity index is 2.99. The van der Waals surface area contributed by atoms with E-state index >= 15 is 0 Å². The van der Waals surface area contributed by atoms with E-state index in [2.05, 4.69) is 33.9 Å². The maximum Gasteiger partial charge on any atom is 0.192 e. The van der Waals surface area contributed by atoms with Gasteiger partial charge >= 0.3 is 0 Å². The summed E-state index contributed by atoms with van der Waals surface area (Å²) in [5.74, 6) is -0.763. The summed E-state index contributed by atoms with van der Waals surface area (Å²) >= 11 is 0. The highest BCUT2D eigenvalue weighted by atomic mass is 28.4. The molecule has 0 aliphatic rings. The van der Waals surface area contributed by atoms with Gasteiger partial charge in [-0.3, -0.25) is 0 Å². The van der Waals surface area contributed by atoms with Gasteiger partial charge in [0, 0.05) is 7.11 Å². The van der Waals surface area contributed by atoms with E-state index in [9.17, 15) is 5.11 Å². The summed E-state index contributed by atoms with van der Waals surface area (Å²) in [4.78, 5) is 0. The van der Waals surface area contributed by atoms with Crippen LogP contribution in [0, 0.1) is 0 Å². The molecule has 1 aromatic carbocycles. The van der Waals surface area contributed by atoms with Gasteiger partial charge in [-0.15, -0.1) is 0 Å². The van der Waals surface area contributed by atoms with Crippen LogP contribution in [0.15, 0.2) is 24.3 Å². The maximum absolute atomic E-state index is 9.81. The molecule has 0 saturated heterocycles. The Morgan fingerprint density at radius 3 is 2.17 bits per heavy atom. The van der Waals surface area contributed by atoms with E-state index in [0.717, 1.165) is 11.1 Å². The van der Waals surface area contributed by atoms with Gasteiger partial charge < -0.3 is 19.0 Å². The van der Waals surface area contributed by atoms with Crippen molar-refractivity contribution in [3.05, 3.63) is 35.4 Å². The van der Waals surface area contributed by atoms with Crippen LogP contribution >= 0.6 is 0 Å². The molecule has 0 radical (unpaired) electrons. The number of benzene rings is 1. The largest absolute Gasteiger partial charge is 0.413 e. The molecule has 1 N–H and O–H groups in total. The molecule has 0 aliphatic carbocycles. The molecule has 1 atom stereocenters. The quantitative estimate of drug-likeness (QED) is 0.546. The van der Waals surface area contributed by atoms with Gasteiger partial charge in [0.15, 0.2) is 14.1 Å². The molecule has 0 spiro atoms. The summed E-state index contributed by atoms with van der Waals surface area (Å²) in [5.41, 5.74) is 2.00. The molecule has 0 saturated carbocycles. The number of aliphatic hydroxyl groups is 1. The molecular formula is C19H34O4Si. The first-order chi connectivity index (χ1) is 10.9. The summed E-state index contributed by atoms with van der Waals surface area (Å²) in [6, 6.07) is 7.96. The smallest absolute Gasteiger partial charge is 0.192 e. The Morgan fingerprint density at radius 2 is 1.67 bits per heavy atom. The molecule has 1 rings (SSSR count). The van der Waals surface area contributed by atoms with Gasteiger partial charge in [-0.25, -0.2) is 0 Å². The Hall–Kier alpha value is -0.723. The van der Waals surface area contributed by atoms with Crippen LogP contribution < -0.4 is 0 Å². The number of ether oxygens (including phenoxy) is 2. The summed E-state index contributed by atoms with van der Waals surface area (Å²) < 4.78 is 17.6. The normalized spacial score (nSPS) is 14.7. The first-order valence-electron chi connectivity index (χ1n) is 8.49. The molecule has 0 amide bonds. The molecule has 4 nitrogen and oxygen atoms in total. The van der Waals surface area contributed by atoms with Gasteiger partial charge in [-0.1, -0.05) is 45.0 Å². The van der Waals surface area contributed by atoms with Crippen LogP contribution in [0.4, 0.5) is 0 Å². The third-order valence-electron chi connectivity index (χ3n) is 4.88. The number of hydrogen-bond donors (Lipinski definition) is 1. The highest BCUT2D eigenvalue weighted by Gasteiger charge is 2.37. The van der Waals surface area contributed by atoms with E-state index in [0.29, 0.717) is 6.61 Å². The standard InChI is InChI=1S/C19H34O4Si/c1-18(2,3)24(7,8)22-14-15-11-9-10-12-16(15)17(13-20)23-19(4,5)21-6/h9-12,17,20H,13-14H2,1-8H3/t17-/m0/s1. The summed E-state index contributed by atoms with van der Waals surface area (Å²) in [7, 11) is -0.239. The van der Waals surface area contributed by atoms with Crippen LogP contribution in [0.2, 0.25) is 18.1 Å². The van der Waals surface area contributed by atoms with Crippen molar-refractivity contribution in [3.8, 4) is 0 Å². The second kappa shape index (κ2) is 8.10. The van der Waals surface area contributed by atoms with Gasteiger partial charge in [-0.2, -0.15) is 0 Å². The van der Waals surface area contributed by atoms with Gasteiger partial charge in [0.2, 0.25) is 0 Å². The predicted octanol–water partition coefficient (Wildman–Crippen LogP) is 4.64. The van der Waals surface area contributed by atoms with Crippen molar-refractivity contribution in [2.75, 3.05) is 13.7 Å². The zero-order valence-electron chi connectivity index (χ0n) is 16.5. The van der Waals surface area contributed by atoms with E-state index < -0.39 is 20.2 Å². The van der Waals surface area contributed by atoms with Gasteiger partial charge in [0.1, 0.15) is 6.10 Å². The highest BCUT2D eigenvalue weighted by molar-refractivity contribution is 6.74. The molecule has 0 fully saturated rings. The molecular weight excluding hydrogens is 320 g/mol. The fraction of sp³-hybridized carbons (Fsp3) is 0.684. The Bertz CT molecular complexity index is 520. The Labute approximate surface area is 148 Å². The fourth-order valence-corrected chi connectivity index (χ4v) is 2.99. The predicted molar refractivity (Wildman–Crippen MR) is 100 cm³/mol. The van der Waals surface area contributed by atoms with E-state index in [1.807, 2.05) is 38.1 Å². The maximum atomic E-state index is 9.81. The Kier molecular flexibility index (Phi) is 7.20. The van der Waals surface area contributed by atoms with Gasteiger partial charge in [0.25, 0.3) is 0 Å². The lowest BCUT2D eigenvalue weighted by atomic mass is 10.0. The number of aliphatic hydroxyl groups excluding tert-OH is 1. The van der Waals surface area contributed by atoms with Crippen molar-refractivity contribution in [1.82, 2.24) is 0 Å². The van der Waals surface area contributed by atoms with Crippen molar-refractivity contribution in [2.45, 2.75) is 71.2 Å². The minimum atomic E-state index is -1.84. The van der Waals surface area contributed by atoms with Gasteiger partial charge in [0.05, 0.1) is 13.2 Å². The molecule has 5 heteroatoms. The van der Waals surface area contributed by atoms with E-state index in [1.165, 1.54) is 0 Å². The van der Waals surface area contributed by atoms with Gasteiger partial charge in [-0.05, 0) is 43.1 Å². The minimum absolute atomic E-state index is 0.107. The van der Waals surface area contributed by atoms with Crippen LogP contribution in [-0.4, -0.2) is 32.9 Å². The minimum Gasteiger partial charge on any atom is -0.413 e. The van der Waals surface area contributed by atoms with Crippen LogP contribution in [-0.2, 0) is 20.5 Å². The fourth-order valence-electron chi connectivity index (χ4n) is 2.04. The molecule has 138 valence electrons. The lowest BCUT2D eigenvalue weighted by molar-refractivity contribution is -0.231. The molecule has 1 aromatic rings. The zero-order chi connectivity index (χ0) is 18.6. The summed E-state index contributed by atoms with van der Waals surface area (Å²) in [6.45, 7) is 15.3. The van der Waals surface area contributed by atoms with Crippen molar-refractivity contribution < 1.29 is 19.0 Å². The summed E-state index contributed by atoms with van der Waals surface area (Å²) in [6.07, 6.45) is -0.445. The van der Waals surface area contributed by atoms with E-state index in [1.54, 1.807) is 7.11 Å². The average molecular weight is 355 g/mol. The summed E-state index contributed by atoms with van der Waals surface area (Å²) in [5, 5.41) is 9.97. The molecule has 0 unspecified atom stereocenters. The van der Waals surface area contributed by atoms with Crippen LogP contribution in [0.3, 0.4) is 0 Å². The molecule has 0 heterocycles. The average Bonchev–Trinajstić information content (AvgIpc) is 2.50. The van der Waals surface area contributed by atoms with Crippen molar-refractivity contribution in [2.24, 2.45) is 0 Å². The SMILES string of the molecule is COC(C)(C)O[C@@H](CO)c1ccccc1CO[Si](C)(C)C(C)(C)C. The monoisotopic (exact) mass is 354 g/mol. The third-order valence-corrected chi connectivity index (χ3v) is 9.36. The van der Waals surface area contributed by atoms with Crippen molar-refractivity contribution >= 4 is 8.32 Å².